The standard InChI is InChI=1S/C19H21BrN4O2S.ClH/c1-14(11-22-9-6-15-3-2-8-21-12-15)24-27(25,26)18-5-4-16-13-23-10-7-17(16)19(18)20;/h2-5,7-8,10,12-14,22,24H,6,9,11H2,1H3;1H/t14-;/m1./s1. The molecule has 0 spiro atoms. The van der Waals surface area contributed by atoms with Gasteiger partial charge in [0.05, 0.1) is 4.90 Å². The molecular weight excluding hydrogens is 464 g/mol. The van der Waals surface area contributed by atoms with Gasteiger partial charge >= 0.3 is 0 Å². The van der Waals surface area contributed by atoms with E-state index in [2.05, 4.69) is 35.9 Å². The van der Waals surface area contributed by atoms with Crippen LogP contribution in [0.4, 0.5) is 0 Å². The van der Waals surface area contributed by atoms with Crippen LogP contribution in [-0.4, -0.2) is 37.5 Å². The highest BCUT2D eigenvalue weighted by Crippen LogP contribution is 2.30. The molecular formula is C19H22BrClN4O2S. The number of hydrogen-bond acceptors (Lipinski definition) is 5. The average Bonchev–Trinajstić information content (AvgIpc) is 2.66. The molecule has 0 saturated heterocycles. The maximum absolute atomic E-state index is 12.8. The Morgan fingerprint density at radius 2 is 1.89 bits per heavy atom. The lowest BCUT2D eigenvalue weighted by atomic mass is 10.2. The monoisotopic (exact) mass is 484 g/mol. The van der Waals surface area contributed by atoms with Crippen molar-refractivity contribution >= 4 is 49.1 Å². The number of nitrogens with one attached hydrogen (secondary N) is 2. The first-order chi connectivity index (χ1) is 13.0. The van der Waals surface area contributed by atoms with Gasteiger partial charge in [0.25, 0.3) is 0 Å². The highest BCUT2D eigenvalue weighted by atomic mass is 79.9. The lowest BCUT2D eigenvalue weighted by molar-refractivity contribution is 0.537. The summed E-state index contributed by atoms with van der Waals surface area (Å²) in [5.74, 6) is 0. The van der Waals surface area contributed by atoms with E-state index in [1.807, 2.05) is 25.3 Å². The smallest absolute Gasteiger partial charge is 0.241 e. The van der Waals surface area contributed by atoms with Gasteiger partial charge in [0.1, 0.15) is 0 Å². The van der Waals surface area contributed by atoms with Gasteiger partial charge in [-0.05, 0) is 59.6 Å². The van der Waals surface area contributed by atoms with Gasteiger partial charge < -0.3 is 5.32 Å². The number of fused-ring (bicyclic) bond motifs is 1. The van der Waals surface area contributed by atoms with Crippen LogP contribution < -0.4 is 10.0 Å². The number of rotatable bonds is 8. The zero-order chi connectivity index (χ0) is 19.3. The Bertz CT molecular complexity index is 1020. The van der Waals surface area contributed by atoms with Gasteiger partial charge in [-0.2, -0.15) is 0 Å². The minimum Gasteiger partial charge on any atom is -0.315 e. The minimum atomic E-state index is -3.64. The van der Waals surface area contributed by atoms with Crippen molar-refractivity contribution in [3.8, 4) is 0 Å². The number of nitrogens with zero attached hydrogens (tertiary/aromatic N) is 2. The largest absolute Gasteiger partial charge is 0.315 e. The molecule has 0 fully saturated rings. The molecule has 2 aromatic heterocycles. The van der Waals surface area contributed by atoms with E-state index in [4.69, 9.17) is 0 Å². The Balaban J connectivity index is 0.00000280. The molecule has 2 N–H and O–H groups in total. The van der Waals surface area contributed by atoms with Crippen LogP contribution in [0, 0.1) is 0 Å². The van der Waals surface area contributed by atoms with Crippen molar-refractivity contribution in [3.63, 3.8) is 0 Å². The van der Waals surface area contributed by atoms with Crippen LogP contribution in [0.15, 0.2) is 64.5 Å². The van der Waals surface area contributed by atoms with E-state index in [0.717, 1.165) is 29.3 Å². The first kappa shape index (κ1) is 22.7. The van der Waals surface area contributed by atoms with Gasteiger partial charge in [-0.3, -0.25) is 9.97 Å². The van der Waals surface area contributed by atoms with Crippen LogP contribution in [-0.2, 0) is 16.4 Å². The molecule has 6 nitrogen and oxygen atoms in total. The predicted octanol–water partition coefficient (Wildman–Crippen LogP) is 3.31. The van der Waals surface area contributed by atoms with Gasteiger partial charge in [0.2, 0.25) is 10.0 Å². The Morgan fingerprint density at radius 3 is 2.64 bits per heavy atom. The van der Waals surface area contributed by atoms with E-state index >= 15 is 0 Å². The van der Waals surface area contributed by atoms with Gasteiger partial charge in [0.15, 0.2) is 0 Å². The fourth-order valence-corrected chi connectivity index (χ4v) is 5.25. The summed E-state index contributed by atoms with van der Waals surface area (Å²) in [6.45, 7) is 3.13. The summed E-state index contributed by atoms with van der Waals surface area (Å²) in [6, 6.07) is 8.83. The molecule has 0 aliphatic rings. The normalized spacial score (nSPS) is 12.5. The van der Waals surface area contributed by atoms with Crippen molar-refractivity contribution in [2.24, 2.45) is 0 Å². The zero-order valence-corrected chi connectivity index (χ0v) is 18.5. The molecule has 0 amide bonds. The van der Waals surface area contributed by atoms with E-state index in [9.17, 15) is 8.42 Å². The van der Waals surface area contributed by atoms with E-state index in [-0.39, 0.29) is 23.3 Å². The minimum absolute atomic E-state index is 0. The summed E-state index contributed by atoms with van der Waals surface area (Å²) in [6.07, 6.45) is 7.78. The second-order valence-electron chi connectivity index (χ2n) is 6.31. The summed E-state index contributed by atoms with van der Waals surface area (Å²) in [4.78, 5) is 8.37. The fraction of sp³-hybridized carbons (Fsp3) is 0.263. The molecule has 3 aromatic rings. The highest BCUT2D eigenvalue weighted by molar-refractivity contribution is 9.10. The number of sulfonamides is 1. The molecule has 0 unspecified atom stereocenters. The van der Waals surface area contributed by atoms with Crippen molar-refractivity contribution in [1.29, 1.82) is 0 Å². The van der Waals surface area contributed by atoms with E-state index < -0.39 is 10.0 Å². The summed E-state index contributed by atoms with van der Waals surface area (Å²) >= 11 is 3.43. The SMILES string of the molecule is C[C@H](CNCCc1cccnc1)NS(=O)(=O)c1ccc2cnccc2c1Br.Cl. The van der Waals surface area contributed by atoms with Crippen LogP contribution in [0.25, 0.3) is 10.8 Å². The van der Waals surface area contributed by atoms with Gasteiger partial charge in [-0.25, -0.2) is 13.1 Å². The Hall–Kier alpha value is -1.58. The highest BCUT2D eigenvalue weighted by Gasteiger charge is 2.21. The van der Waals surface area contributed by atoms with Crippen LogP contribution in [0.3, 0.4) is 0 Å². The molecule has 150 valence electrons. The quantitative estimate of drug-likeness (QED) is 0.478. The van der Waals surface area contributed by atoms with Gasteiger partial charge in [0, 0.05) is 52.6 Å². The Morgan fingerprint density at radius 1 is 1.11 bits per heavy atom. The third-order valence-electron chi connectivity index (χ3n) is 4.13. The van der Waals surface area contributed by atoms with Crippen molar-refractivity contribution in [3.05, 3.63) is 65.2 Å². The summed E-state index contributed by atoms with van der Waals surface area (Å²) in [5.41, 5.74) is 1.15. The first-order valence-corrected chi connectivity index (χ1v) is 10.9. The molecule has 2 heterocycles. The molecule has 3 rings (SSSR count). The Kier molecular flexibility index (Phi) is 8.33. The average molecular weight is 486 g/mol. The third kappa shape index (κ3) is 5.71. The molecule has 1 atom stereocenters. The molecule has 28 heavy (non-hydrogen) atoms. The van der Waals surface area contributed by atoms with Crippen molar-refractivity contribution < 1.29 is 8.42 Å². The van der Waals surface area contributed by atoms with Crippen LogP contribution >= 0.6 is 28.3 Å². The van der Waals surface area contributed by atoms with E-state index in [0.29, 0.717) is 11.0 Å². The van der Waals surface area contributed by atoms with Gasteiger partial charge in [-0.1, -0.05) is 12.1 Å². The Labute approximate surface area is 179 Å². The predicted molar refractivity (Wildman–Crippen MR) is 117 cm³/mol. The molecule has 0 bridgehead atoms. The maximum Gasteiger partial charge on any atom is 0.241 e. The molecule has 0 aliphatic carbocycles. The summed E-state index contributed by atoms with van der Waals surface area (Å²) < 4.78 is 28.8. The lowest BCUT2D eigenvalue weighted by Gasteiger charge is -2.16. The number of pyridine rings is 2. The van der Waals surface area contributed by atoms with Crippen LogP contribution in [0.5, 0.6) is 0 Å². The summed E-state index contributed by atoms with van der Waals surface area (Å²) in [7, 11) is -3.64. The topological polar surface area (TPSA) is 84.0 Å². The maximum atomic E-state index is 12.8. The molecule has 0 saturated carbocycles. The number of aromatic nitrogens is 2. The van der Waals surface area contributed by atoms with Crippen molar-refractivity contribution in [2.45, 2.75) is 24.3 Å². The summed E-state index contributed by atoms with van der Waals surface area (Å²) in [5, 5.41) is 4.97. The molecule has 0 aliphatic heterocycles. The second-order valence-corrected chi connectivity index (χ2v) is 8.79. The van der Waals surface area contributed by atoms with Gasteiger partial charge in [-0.15, -0.1) is 12.4 Å². The molecule has 1 aromatic carbocycles. The zero-order valence-electron chi connectivity index (χ0n) is 15.3. The first-order valence-electron chi connectivity index (χ1n) is 8.61. The number of halogens is 2. The fourth-order valence-electron chi connectivity index (χ4n) is 2.79. The lowest BCUT2D eigenvalue weighted by Crippen LogP contribution is -2.40. The number of benzene rings is 1. The van der Waals surface area contributed by atoms with E-state index in [1.54, 1.807) is 36.8 Å². The van der Waals surface area contributed by atoms with Crippen molar-refractivity contribution in [2.75, 3.05) is 13.1 Å². The third-order valence-corrected chi connectivity index (χ3v) is 6.88. The second kappa shape index (κ2) is 10.3. The molecule has 0 radical (unpaired) electrons. The van der Waals surface area contributed by atoms with Crippen molar-refractivity contribution in [1.82, 2.24) is 20.0 Å². The van der Waals surface area contributed by atoms with Crippen LogP contribution in [0.1, 0.15) is 12.5 Å². The van der Waals surface area contributed by atoms with E-state index in [1.165, 1.54) is 0 Å². The molecule has 9 heteroatoms. The van der Waals surface area contributed by atoms with Crippen LogP contribution in [0.2, 0.25) is 0 Å². The number of hydrogen-bond donors (Lipinski definition) is 2.